The molecule has 3 unspecified atom stereocenters. The molecule has 3 heterocycles. The van der Waals surface area contributed by atoms with Gasteiger partial charge in [0.2, 0.25) is 5.91 Å². The summed E-state index contributed by atoms with van der Waals surface area (Å²) >= 11 is 0. The Morgan fingerprint density at radius 3 is 2.82 bits per heavy atom. The first-order valence-electron chi connectivity index (χ1n) is 8.60. The van der Waals surface area contributed by atoms with E-state index < -0.39 is 0 Å². The molecule has 1 aromatic heterocycles. The molecule has 2 saturated heterocycles. The number of amides is 1. The van der Waals surface area contributed by atoms with Gasteiger partial charge >= 0.3 is 0 Å². The Bertz CT molecular complexity index is 501. The number of aromatic nitrogens is 2. The number of hydrogen-bond donors (Lipinski definition) is 2. The lowest BCUT2D eigenvalue weighted by Gasteiger charge is -2.28. The van der Waals surface area contributed by atoms with Crippen LogP contribution in [0.25, 0.3) is 0 Å². The number of piperidine rings is 1. The maximum absolute atomic E-state index is 12.2. The molecule has 2 fully saturated rings. The van der Waals surface area contributed by atoms with E-state index in [1.165, 1.54) is 25.7 Å². The van der Waals surface area contributed by atoms with E-state index in [-0.39, 0.29) is 5.91 Å². The lowest BCUT2D eigenvalue weighted by molar-refractivity contribution is -0.122. The van der Waals surface area contributed by atoms with Crippen LogP contribution in [0.15, 0.2) is 12.4 Å². The molecule has 5 heteroatoms. The normalized spacial score (nSPS) is 28.5. The lowest BCUT2D eigenvalue weighted by Crippen LogP contribution is -2.40. The molecular formula is C17H28N4O. The minimum absolute atomic E-state index is 0.223. The van der Waals surface area contributed by atoms with Crippen LogP contribution < -0.4 is 10.6 Å². The zero-order valence-electron chi connectivity index (χ0n) is 13.7. The first-order valence-corrected chi connectivity index (χ1v) is 8.60. The molecule has 3 rings (SSSR count). The van der Waals surface area contributed by atoms with E-state index in [0.717, 1.165) is 18.9 Å². The van der Waals surface area contributed by atoms with Crippen molar-refractivity contribution in [2.45, 2.75) is 64.6 Å². The molecule has 0 spiro atoms. The summed E-state index contributed by atoms with van der Waals surface area (Å²) in [5.74, 6) is 2.25. The fraction of sp³-hybridized carbons (Fsp3) is 0.765. The Balaban J connectivity index is 1.38. The van der Waals surface area contributed by atoms with Crippen molar-refractivity contribution in [3.8, 4) is 0 Å². The topological polar surface area (TPSA) is 59.0 Å². The minimum atomic E-state index is 0.223. The number of hydrogen-bond acceptors (Lipinski definition) is 3. The first kappa shape index (κ1) is 15.5. The summed E-state index contributed by atoms with van der Waals surface area (Å²) in [5, 5.41) is 6.75. The molecular weight excluding hydrogens is 276 g/mol. The zero-order chi connectivity index (χ0) is 15.5. The van der Waals surface area contributed by atoms with E-state index in [0.29, 0.717) is 30.3 Å². The summed E-state index contributed by atoms with van der Waals surface area (Å²) in [6.07, 6.45) is 9.46. The summed E-state index contributed by atoms with van der Waals surface area (Å²) in [6, 6.07) is 1.33. The van der Waals surface area contributed by atoms with Crippen LogP contribution in [-0.4, -0.2) is 34.1 Å². The van der Waals surface area contributed by atoms with Gasteiger partial charge in [-0.15, -0.1) is 0 Å². The van der Waals surface area contributed by atoms with Crippen LogP contribution in [0.5, 0.6) is 0 Å². The molecule has 2 aliphatic heterocycles. The highest BCUT2D eigenvalue weighted by Gasteiger charge is 2.34. The van der Waals surface area contributed by atoms with E-state index in [9.17, 15) is 4.79 Å². The SMILES string of the molecule is Cc1nccn1CC(C)CNC(=O)CC1CC2CCC(C1)N2. The molecule has 1 aromatic rings. The highest BCUT2D eigenvalue weighted by molar-refractivity contribution is 5.76. The Kier molecular flexibility index (Phi) is 4.81. The quantitative estimate of drug-likeness (QED) is 0.843. The summed E-state index contributed by atoms with van der Waals surface area (Å²) in [7, 11) is 0. The summed E-state index contributed by atoms with van der Waals surface area (Å²) < 4.78 is 2.14. The van der Waals surface area contributed by atoms with Crippen LogP contribution in [0, 0.1) is 18.8 Å². The van der Waals surface area contributed by atoms with Crippen molar-refractivity contribution in [2.75, 3.05) is 6.54 Å². The van der Waals surface area contributed by atoms with Gasteiger partial charge in [0.1, 0.15) is 5.82 Å². The lowest BCUT2D eigenvalue weighted by atomic mass is 9.89. The van der Waals surface area contributed by atoms with Gasteiger partial charge in [-0.25, -0.2) is 4.98 Å². The van der Waals surface area contributed by atoms with Crippen LogP contribution in [0.1, 0.15) is 44.9 Å². The predicted molar refractivity (Wildman–Crippen MR) is 86.4 cm³/mol. The minimum Gasteiger partial charge on any atom is -0.356 e. The van der Waals surface area contributed by atoms with Gasteiger partial charge in [-0.3, -0.25) is 4.79 Å². The standard InChI is InChI=1S/C17H28N4O/c1-12(11-21-6-5-18-13(21)2)10-19-17(22)9-14-7-15-3-4-16(8-14)20-15/h5-6,12,14-16,20H,3-4,7-11H2,1-2H3,(H,19,22). The molecule has 0 saturated carbocycles. The van der Waals surface area contributed by atoms with Crippen molar-refractivity contribution < 1.29 is 4.79 Å². The van der Waals surface area contributed by atoms with Crippen LogP contribution >= 0.6 is 0 Å². The molecule has 0 aliphatic carbocycles. The highest BCUT2D eigenvalue weighted by Crippen LogP contribution is 2.32. The van der Waals surface area contributed by atoms with Crippen LogP contribution in [0.2, 0.25) is 0 Å². The molecule has 2 aliphatic rings. The molecule has 2 N–H and O–H groups in total. The van der Waals surface area contributed by atoms with Gasteiger partial charge in [-0.1, -0.05) is 6.92 Å². The largest absolute Gasteiger partial charge is 0.356 e. The van der Waals surface area contributed by atoms with Gasteiger partial charge in [0.25, 0.3) is 0 Å². The van der Waals surface area contributed by atoms with Crippen molar-refractivity contribution in [2.24, 2.45) is 11.8 Å². The monoisotopic (exact) mass is 304 g/mol. The average molecular weight is 304 g/mol. The van der Waals surface area contributed by atoms with Crippen molar-refractivity contribution >= 4 is 5.91 Å². The molecule has 3 atom stereocenters. The Labute approximate surface area is 132 Å². The number of fused-ring (bicyclic) bond motifs is 2. The fourth-order valence-corrected chi connectivity index (χ4v) is 3.96. The number of carbonyl (C=O) groups is 1. The zero-order valence-corrected chi connectivity index (χ0v) is 13.7. The molecule has 122 valence electrons. The molecule has 0 aromatic carbocycles. The predicted octanol–water partition coefficient (Wildman–Crippen LogP) is 1.86. The second-order valence-electron chi connectivity index (χ2n) is 7.22. The van der Waals surface area contributed by atoms with Gasteiger partial charge < -0.3 is 15.2 Å². The Hall–Kier alpha value is -1.36. The van der Waals surface area contributed by atoms with E-state index in [2.05, 4.69) is 27.1 Å². The first-order chi connectivity index (χ1) is 10.6. The average Bonchev–Trinajstić information content (AvgIpc) is 3.03. The molecule has 0 radical (unpaired) electrons. The van der Waals surface area contributed by atoms with Crippen molar-refractivity contribution in [1.29, 1.82) is 0 Å². The van der Waals surface area contributed by atoms with Gasteiger partial charge in [0, 0.05) is 44.0 Å². The van der Waals surface area contributed by atoms with Crippen molar-refractivity contribution in [3.63, 3.8) is 0 Å². The second-order valence-corrected chi connectivity index (χ2v) is 7.22. The number of aryl methyl sites for hydroxylation is 1. The third kappa shape index (κ3) is 3.88. The third-order valence-corrected chi connectivity index (χ3v) is 5.12. The third-order valence-electron chi connectivity index (χ3n) is 5.12. The van der Waals surface area contributed by atoms with E-state index in [4.69, 9.17) is 0 Å². The number of nitrogens with one attached hydrogen (secondary N) is 2. The summed E-state index contributed by atoms with van der Waals surface area (Å²) in [6.45, 7) is 5.83. The van der Waals surface area contributed by atoms with Gasteiger partial charge in [0.15, 0.2) is 0 Å². The molecule has 22 heavy (non-hydrogen) atoms. The maximum atomic E-state index is 12.2. The maximum Gasteiger partial charge on any atom is 0.220 e. The number of carbonyl (C=O) groups excluding carboxylic acids is 1. The van der Waals surface area contributed by atoms with Crippen LogP contribution in [0.3, 0.4) is 0 Å². The van der Waals surface area contributed by atoms with Crippen molar-refractivity contribution in [3.05, 3.63) is 18.2 Å². The van der Waals surface area contributed by atoms with Gasteiger partial charge in [-0.05, 0) is 44.4 Å². The molecule has 1 amide bonds. The summed E-state index contributed by atoms with van der Waals surface area (Å²) in [4.78, 5) is 16.4. The Morgan fingerprint density at radius 1 is 1.45 bits per heavy atom. The van der Waals surface area contributed by atoms with Crippen molar-refractivity contribution in [1.82, 2.24) is 20.2 Å². The van der Waals surface area contributed by atoms with E-state index >= 15 is 0 Å². The highest BCUT2D eigenvalue weighted by atomic mass is 16.1. The molecule has 2 bridgehead atoms. The van der Waals surface area contributed by atoms with Gasteiger partial charge in [0.05, 0.1) is 0 Å². The second kappa shape index (κ2) is 6.82. The number of nitrogens with zero attached hydrogens (tertiary/aromatic N) is 2. The van der Waals surface area contributed by atoms with Crippen LogP contribution in [-0.2, 0) is 11.3 Å². The number of rotatable bonds is 6. The van der Waals surface area contributed by atoms with E-state index in [1.54, 1.807) is 0 Å². The van der Waals surface area contributed by atoms with E-state index in [1.807, 2.05) is 19.3 Å². The smallest absolute Gasteiger partial charge is 0.220 e. The summed E-state index contributed by atoms with van der Waals surface area (Å²) in [5.41, 5.74) is 0. The Morgan fingerprint density at radius 2 is 2.18 bits per heavy atom. The molecule has 5 nitrogen and oxygen atoms in total. The fourth-order valence-electron chi connectivity index (χ4n) is 3.96. The van der Waals surface area contributed by atoms with Gasteiger partial charge in [-0.2, -0.15) is 0 Å². The number of imidazole rings is 1. The van der Waals surface area contributed by atoms with Crippen LogP contribution in [0.4, 0.5) is 0 Å².